The first kappa shape index (κ1) is 15.5. The van der Waals surface area contributed by atoms with E-state index in [0.717, 1.165) is 0 Å². The summed E-state index contributed by atoms with van der Waals surface area (Å²) < 4.78 is 4.60. The van der Waals surface area contributed by atoms with Crippen LogP contribution < -0.4 is 17.0 Å². The molecule has 116 valence electrons. The Morgan fingerprint density at radius 3 is 2.48 bits per heavy atom. The van der Waals surface area contributed by atoms with Crippen molar-refractivity contribution in [3.63, 3.8) is 0 Å². The van der Waals surface area contributed by atoms with Crippen LogP contribution in [-0.2, 0) is 13.1 Å². The van der Waals surface area contributed by atoms with Gasteiger partial charge in [-0.05, 0) is 19.8 Å². The summed E-state index contributed by atoms with van der Waals surface area (Å²) >= 11 is 0. The van der Waals surface area contributed by atoms with Gasteiger partial charge < -0.3 is 10.3 Å². The second-order valence-electron chi connectivity index (χ2n) is 5.75. The highest BCUT2D eigenvalue weighted by atomic mass is 16.2. The van der Waals surface area contributed by atoms with Crippen LogP contribution in [0.4, 0.5) is 0 Å². The van der Waals surface area contributed by atoms with Gasteiger partial charge in [-0.3, -0.25) is 13.9 Å². The number of aryl methyl sites for hydroxylation is 1. The van der Waals surface area contributed by atoms with Crippen LogP contribution in [0.1, 0.15) is 33.7 Å². The Hall–Kier alpha value is -1.89. The van der Waals surface area contributed by atoms with Crippen LogP contribution in [0.15, 0.2) is 15.9 Å². The number of hydrogen-bond donors (Lipinski definition) is 1. The zero-order valence-corrected chi connectivity index (χ0v) is 13.0. The average Bonchev–Trinajstić information content (AvgIpc) is 2.87. The van der Waals surface area contributed by atoms with E-state index in [1.807, 2.05) is 20.8 Å². The van der Waals surface area contributed by atoms with Crippen LogP contribution >= 0.6 is 0 Å². The van der Waals surface area contributed by atoms with Crippen molar-refractivity contribution in [2.24, 2.45) is 11.7 Å². The molecule has 1 atom stereocenters. The van der Waals surface area contributed by atoms with Gasteiger partial charge >= 0.3 is 5.69 Å². The number of nitrogens with zero attached hydrogens (tertiary/aromatic N) is 4. The van der Waals surface area contributed by atoms with E-state index >= 15 is 0 Å². The molecule has 0 radical (unpaired) electrons. The number of imidazole rings is 1. The fraction of sp³-hybridized carbons (Fsp3) is 0.643. The third kappa shape index (κ3) is 2.53. The van der Waals surface area contributed by atoms with Gasteiger partial charge in [0.15, 0.2) is 11.2 Å². The lowest BCUT2D eigenvalue weighted by Gasteiger charge is -2.17. The molecule has 0 aromatic carbocycles. The Bertz CT molecular complexity index is 753. The molecule has 0 amide bonds. The van der Waals surface area contributed by atoms with E-state index in [-0.39, 0.29) is 29.8 Å². The summed E-state index contributed by atoms with van der Waals surface area (Å²) in [5.74, 6) is 0.275. The summed E-state index contributed by atoms with van der Waals surface area (Å²) in [6.45, 7) is 9.16. The minimum absolute atomic E-state index is 0.239. The molecule has 0 bridgehead atoms. The molecule has 7 heteroatoms. The molecule has 7 nitrogen and oxygen atoms in total. The van der Waals surface area contributed by atoms with Crippen molar-refractivity contribution >= 4 is 11.2 Å². The predicted molar refractivity (Wildman–Crippen MR) is 82.5 cm³/mol. The van der Waals surface area contributed by atoms with E-state index in [1.165, 1.54) is 4.57 Å². The monoisotopic (exact) mass is 293 g/mol. The average molecular weight is 293 g/mol. The molecule has 0 spiro atoms. The Balaban J connectivity index is 2.91. The SMILES string of the molecule is CCn1cnc2c1c(=O)n(C(C)CN)c(=O)n2CC(C)C. The highest BCUT2D eigenvalue weighted by molar-refractivity contribution is 5.70. The van der Waals surface area contributed by atoms with Gasteiger partial charge in [-0.1, -0.05) is 13.8 Å². The van der Waals surface area contributed by atoms with E-state index in [0.29, 0.717) is 24.3 Å². The molecule has 0 saturated carbocycles. The van der Waals surface area contributed by atoms with Gasteiger partial charge in [0.25, 0.3) is 5.56 Å². The van der Waals surface area contributed by atoms with E-state index in [2.05, 4.69) is 4.98 Å². The van der Waals surface area contributed by atoms with Gasteiger partial charge in [0, 0.05) is 19.6 Å². The number of aromatic nitrogens is 4. The number of fused-ring (bicyclic) bond motifs is 1. The molecule has 2 aromatic rings. The lowest BCUT2D eigenvalue weighted by atomic mass is 10.2. The third-order valence-corrected chi connectivity index (χ3v) is 3.60. The van der Waals surface area contributed by atoms with E-state index in [9.17, 15) is 9.59 Å². The standard InChI is InChI=1S/C14H23N5O2/c1-5-17-8-16-12-11(17)13(20)19(10(4)6-15)14(21)18(12)7-9(2)3/h8-10H,5-7,15H2,1-4H3. The summed E-state index contributed by atoms with van der Waals surface area (Å²) in [6.07, 6.45) is 1.61. The van der Waals surface area contributed by atoms with Crippen LogP contribution in [0.5, 0.6) is 0 Å². The van der Waals surface area contributed by atoms with Crippen LogP contribution in [-0.4, -0.2) is 25.2 Å². The lowest BCUT2D eigenvalue weighted by molar-refractivity contribution is 0.454. The Kier molecular flexibility index (Phi) is 4.32. The van der Waals surface area contributed by atoms with Crippen molar-refractivity contribution < 1.29 is 0 Å². The summed E-state index contributed by atoms with van der Waals surface area (Å²) in [4.78, 5) is 29.6. The van der Waals surface area contributed by atoms with Crippen molar-refractivity contribution in [3.05, 3.63) is 27.2 Å². The molecule has 2 aromatic heterocycles. The van der Waals surface area contributed by atoms with Gasteiger partial charge in [-0.2, -0.15) is 0 Å². The van der Waals surface area contributed by atoms with Crippen molar-refractivity contribution in [1.29, 1.82) is 0 Å². The molecular formula is C14H23N5O2. The van der Waals surface area contributed by atoms with Crippen molar-refractivity contribution in [2.75, 3.05) is 6.54 Å². The quantitative estimate of drug-likeness (QED) is 0.872. The first-order chi connectivity index (χ1) is 9.92. The maximum absolute atomic E-state index is 12.7. The van der Waals surface area contributed by atoms with E-state index < -0.39 is 0 Å². The van der Waals surface area contributed by atoms with Gasteiger partial charge in [-0.25, -0.2) is 9.78 Å². The summed E-state index contributed by atoms with van der Waals surface area (Å²) in [5.41, 5.74) is 5.94. The molecule has 0 saturated heterocycles. The molecule has 2 heterocycles. The molecule has 1 unspecified atom stereocenters. The third-order valence-electron chi connectivity index (χ3n) is 3.60. The molecule has 2 N–H and O–H groups in total. The summed E-state index contributed by atoms with van der Waals surface area (Å²) in [5, 5.41) is 0. The first-order valence-corrected chi connectivity index (χ1v) is 7.32. The number of hydrogen-bond acceptors (Lipinski definition) is 4. The summed E-state index contributed by atoms with van der Waals surface area (Å²) in [6, 6.07) is -0.340. The molecular weight excluding hydrogens is 270 g/mol. The van der Waals surface area contributed by atoms with Gasteiger partial charge in [-0.15, -0.1) is 0 Å². The second-order valence-corrected chi connectivity index (χ2v) is 5.75. The Morgan fingerprint density at radius 2 is 1.95 bits per heavy atom. The molecule has 0 aliphatic rings. The van der Waals surface area contributed by atoms with Crippen LogP contribution in [0, 0.1) is 5.92 Å². The lowest BCUT2D eigenvalue weighted by Crippen LogP contribution is -2.44. The van der Waals surface area contributed by atoms with Crippen LogP contribution in [0.3, 0.4) is 0 Å². The molecule has 2 rings (SSSR count). The zero-order chi connectivity index (χ0) is 15.7. The fourth-order valence-corrected chi connectivity index (χ4v) is 2.47. The number of nitrogens with two attached hydrogens (primary N) is 1. The predicted octanol–water partition coefficient (Wildman–Crippen LogP) is 0.555. The normalized spacial score (nSPS) is 13.2. The highest BCUT2D eigenvalue weighted by Gasteiger charge is 2.20. The maximum atomic E-state index is 12.7. The summed E-state index contributed by atoms with van der Waals surface area (Å²) in [7, 11) is 0. The van der Waals surface area contributed by atoms with E-state index in [4.69, 9.17) is 5.73 Å². The molecule has 21 heavy (non-hydrogen) atoms. The minimum Gasteiger partial charge on any atom is -0.328 e. The molecule has 0 fully saturated rings. The maximum Gasteiger partial charge on any atom is 0.333 e. The van der Waals surface area contributed by atoms with Crippen molar-refractivity contribution in [1.82, 2.24) is 18.7 Å². The van der Waals surface area contributed by atoms with Gasteiger partial charge in [0.05, 0.1) is 12.4 Å². The van der Waals surface area contributed by atoms with Crippen molar-refractivity contribution in [3.8, 4) is 0 Å². The zero-order valence-electron chi connectivity index (χ0n) is 13.0. The Morgan fingerprint density at radius 1 is 1.29 bits per heavy atom. The van der Waals surface area contributed by atoms with Gasteiger partial charge in [0.1, 0.15) is 0 Å². The largest absolute Gasteiger partial charge is 0.333 e. The fourth-order valence-electron chi connectivity index (χ4n) is 2.47. The van der Waals surface area contributed by atoms with Gasteiger partial charge in [0.2, 0.25) is 0 Å². The van der Waals surface area contributed by atoms with Crippen LogP contribution in [0.2, 0.25) is 0 Å². The van der Waals surface area contributed by atoms with Crippen molar-refractivity contribution in [2.45, 2.75) is 46.8 Å². The smallest absolute Gasteiger partial charge is 0.328 e. The minimum atomic E-state index is -0.340. The number of rotatable bonds is 5. The first-order valence-electron chi connectivity index (χ1n) is 7.32. The Labute approximate surface area is 123 Å². The second kappa shape index (κ2) is 5.85. The highest BCUT2D eigenvalue weighted by Crippen LogP contribution is 2.10. The van der Waals surface area contributed by atoms with E-state index in [1.54, 1.807) is 22.4 Å². The molecule has 0 aliphatic carbocycles. The molecule has 0 aliphatic heterocycles. The van der Waals surface area contributed by atoms with Crippen LogP contribution in [0.25, 0.3) is 11.2 Å². The topological polar surface area (TPSA) is 87.8 Å².